The summed E-state index contributed by atoms with van der Waals surface area (Å²) in [7, 11) is 2.03. The van der Waals surface area contributed by atoms with E-state index in [1.165, 1.54) is 0 Å². The van der Waals surface area contributed by atoms with Gasteiger partial charge in [-0.15, -0.1) is 0 Å². The van der Waals surface area contributed by atoms with E-state index in [9.17, 15) is 9.59 Å². The van der Waals surface area contributed by atoms with Crippen molar-refractivity contribution in [1.82, 2.24) is 15.1 Å². The fourth-order valence-electron chi connectivity index (χ4n) is 2.06. The van der Waals surface area contributed by atoms with Gasteiger partial charge < -0.3 is 20.9 Å². The van der Waals surface area contributed by atoms with Gasteiger partial charge >= 0.3 is 0 Å². The van der Waals surface area contributed by atoms with E-state index < -0.39 is 0 Å². The Bertz CT molecular complexity index is 478. The van der Waals surface area contributed by atoms with Gasteiger partial charge in [0.2, 0.25) is 5.91 Å². The summed E-state index contributed by atoms with van der Waals surface area (Å²) < 4.78 is 0. The van der Waals surface area contributed by atoms with Crippen LogP contribution in [0.3, 0.4) is 0 Å². The summed E-state index contributed by atoms with van der Waals surface area (Å²) in [5, 5.41) is 2.64. The number of amides is 2. The molecule has 6 heteroatoms. The summed E-state index contributed by atoms with van der Waals surface area (Å²) in [6, 6.07) is 6.62. The first-order valence-electron chi connectivity index (χ1n) is 6.66. The van der Waals surface area contributed by atoms with Crippen LogP contribution in [0.2, 0.25) is 0 Å². The van der Waals surface area contributed by atoms with Crippen molar-refractivity contribution in [3.8, 4) is 0 Å². The van der Waals surface area contributed by atoms with Crippen LogP contribution < -0.4 is 11.1 Å². The fourth-order valence-corrected chi connectivity index (χ4v) is 2.06. The first-order chi connectivity index (χ1) is 9.56. The lowest BCUT2D eigenvalue weighted by Crippen LogP contribution is -2.50. The van der Waals surface area contributed by atoms with Crippen molar-refractivity contribution in [3.05, 3.63) is 29.8 Å². The predicted molar refractivity (Wildman–Crippen MR) is 77.3 cm³/mol. The van der Waals surface area contributed by atoms with Crippen LogP contribution in [-0.2, 0) is 4.79 Å². The summed E-state index contributed by atoms with van der Waals surface area (Å²) >= 11 is 0. The van der Waals surface area contributed by atoms with Crippen molar-refractivity contribution < 1.29 is 9.59 Å². The maximum Gasteiger partial charge on any atom is 0.251 e. The molecule has 6 nitrogen and oxygen atoms in total. The van der Waals surface area contributed by atoms with Gasteiger partial charge in [0, 0.05) is 37.4 Å². The number of nitrogens with one attached hydrogen (secondary N) is 1. The molecule has 2 rings (SSSR count). The molecule has 0 atom stereocenters. The molecule has 108 valence electrons. The lowest BCUT2D eigenvalue weighted by atomic mass is 10.2. The van der Waals surface area contributed by atoms with Crippen LogP contribution in [0.4, 0.5) is 5.69 Å². The molecule has 0 saturated carbocycles. The van der Waals surface area contributed by atoms with Crippen LogP contribution in [0.5, 0.6) is 0 Å². The predicted octanol–water partition coefficient (Wildman–Crippen LogP) is -0.227. The Morgan fingerprint density at radius 2 is 1.75 bits per heavy atom. The topological polar surface area (TPSA) is 78.7 Å². The van der Waals surface area contributed by atoms with Crippen molar-refractivity contribution in [1.29, 1.82) is 0 Å². The molecule has 0 aliphatic carbocycles. The van der Waals surface area contributed by atoms with Crippen LogP contribution in [-0.4, -0.2) is 61.4 Å². The van der Waals surface area contributed by atoms with Crippen LogP contribution in [0.25, 0.3) is 0 Å². The van der Waals surface area contributed by atoms with Gasteiger partial charge in [0.25, 0.3) is 5.91 Å². The van der Waals surface area contributed by atoms with Gasteiger partial charge in [-0.2, -0.15) is 0 Å². The Morgan fingerprint density at radius 1 is 1.15 bits per heavy atom. The molecule has 1 heterocycles. The van der Waals surface area contributed by atoms with Gasteiger partial charge in [-0.05, 0) is 31.3 Å². The summed E-state index contributed by atoms with van der Waals surface area (Å²) in [6.45, 7) is 3.21. The normalized spacial score (nSPS) is 15.9. The Morgan fingerprint density at radius 3 is 2.35 bits per heavy atom. The highest BCUT2D eigenvalue weighted by atomic mass is 16.2. The number of nitrogens with zero attached hydrogens (tertiary/aromatic N) is 2. The first-order valence-corrected chi connectivity index (χ1v) is 6.66. The van der Waals surface area contributed by atoms with Gasteiger partial charge in [0.1, 0.15) is 0 Å². The third-order valence-corrected chi connectivity index (χ3v) is 3.43. The largest absolute Gasteiger partial charge is 0.399 e. The fraction of sp³-hybridized carbons (Fsp3) is 0.429. The van der Waals surface area contributed by atoms with E-state index in [-0.39, 0.29) is 18.4 Å². The van der Waals surface area contributed by atoms with Crippen LogP contribution in [0, 0.1) is 0 Å². The van der Waals surface area contributed by atoms with Gasteiger partial charge in [0.05, 0.1) is 6.54 Å². The minimum atomic E-state index is -0.257. The number of nitrogen functional groups attached to an aromatic ring is 1. The Labute approximate surface area is 118 Å². The van der Waals surface area contributed by atoms with E-state index in [4.69, 9.17) is 5.73 Å². The molecule has 1 aliphatic heterocycles. The third kappa shape index (κ3) is 3.71. The second kappa shape index (κ2) is 6.38. The molecule has 2 amide bonds. The van der Waals surface area contributed by atoms with Gasteiger partial charge in [0.15, 0.2) is 0 Å². The Balaban J connectivity index is 1.81. The molecule has 0 spiro atoms. The maximum absolute atomic E-state index is 12.0. The van der Waals surface area contributed by atoms with Crippen LogP contribution in [0.1, 0.15) is 10.4 Å². The first kappa shape index (κ1) is 14.3. The summed E-state index contributed by atoms with van der Waals surface area (Å²) in [4.78, 5) is 27.8. The van der Waals surface area contributed by atoms with Crippen molar-refractivity contribution in [2.24, 2.45) is 0 Å². The average molecular weight is 276 g/mol. The highest BCUT2D eigenvalue weighted by molar-refractivity contribution is 5.96. The molecule has 20 heavy (non-hydrogen) atoms. The lowest BCUT2D eigenvalue weighted by molar-refractivity contribution is -0.131. The van der Waals surface area contributed by atoms with Gasteiger partial charge in [-0.25, -0.2) is 0 Å². The Hall–Kier alpha value is -2.08. The van der Waals surface area contributed by atoms with Gasteiger partial charge in [-0.3, -0.25) is 9.59 Å². The highest BCUT2D eigenvalue weighted by Gasteiger charge is 2.19. The maximum atomic E-state index is 12.0. The van der Waals surface area contributed by atoms with E-state index >= 15 is 0 Å². The van der Waals surface area contributed by atoms with E-state index in [0.717, 1.165) is 13.1 Å². The van der Waals surface area contributed by atoms with Crippen LogP contribution >= 0.6 is 0 Å². The minimum absolute atomic E-state index is 0.0346. The second-order valence-electron chi connectivity index (χ2n) is 4.99. The van der Waals surface area contributed by atoms with Crippen molar-refractivity contribution in [2.75, 3.05) is 45.5 Å². The number of nitrogens with two attached hydrogens (primary N) is 1. The molecular formula is C14H20N4O2. The second-order valence-corrected chi connectivity index (χ2v) is 4.99. The third-order valence-electron chi connectivity index (χ3n) is 3.43. The molecule has 1 fully saturated rings. The standard InChI is InChI=1S/C14H20N4O2/c1-17-6-8-18(9-7-17)13(19)10-16-14(20)11-2-4-12(15)5-3-11/h2-5H,6-10,15H2,1H3,(H,16,20). The van der Waals surface area contributed by atoms with Crippen LogP contribution in [0.15, 0.2) is 24.3 Å². The summed E-state index contributed by atoms with van der Waals surface area (Å²) in [5.74, 6) is -0.297. The monoisotopic (exact) mass is 276 g/mol. The van der Waals surface area contributed by atoms with Gasteiger partial charge in [-0.1, -0.05) is 0 Å². The zero-order chi connectivity index (χ0) is 14.5. The quantitative estimate of drug-likeness (QED) is 0.748. The number of hydrogen-bond donors (Lipinski definition) is 2. The van der Waals surface area contributed by atoms with Crippen molar-refractivity contribution in [2.45, 2.75) is 0 Å². The average Bonchev–Trinajstić information content (AvgIpc) is 2.46. The molecule has 0 aromatic heterocycles. The number of anilines is 1. The molecular weight excluding hydrogens is 256 g/mol. The van der Waals surface area contributed by atoms with E-state index in [1.807, 2.05) is 7.05 Å². The molecule has 1 aromatic carbocycles. The Kier molecular flexibility index (Phi) is 4.57. The zero-order valence-corrected chi connectivity index (χ0v) is 11.6. The van der Waals surface area contributed by atoms with Crippen molar-refractivity contribution in [3.63, 3.8) is 0 Å². The smallest absolute Gasteiger partial charge is 0.251 e. The SMILES string of the molecule is CN1CCN(C(=O)CNC(=O)c2ccc(N)cc2)CC1. The zero-order valence-electron chi connectivity index (χ0n) is 11.6. The molecule has 0 unspecified atom stereocenters. The van der Waals surface area contributed by atoms with E-state index in [1.54, 1.807) is 29.2 Å². The number of benzene rings is 1. The molecule has 1 aromatic rings. The molecule has 1 aliphatic rings. The molecule has 1 saturated heterocycles. The number of hydrogen-bond acceptors (Lipinski definition) is 4. The number of rotatable bonds is 3. The summed E-state index contributed by atoms with van der Waals surface area (Å²) in [5.41, 5.74) is 6.67. The summed E-state index contributed by atoms with van der Waals surface area (Å²) in [6.07, 6.45) is 0. The minimum Gasteiger partial charge on any atom is -0.399 e. The molecule has 0 radical (unpaired) electrons. The lowest BCUT2D eigenvalue weighted by Gasteiger charge is -2.32. The molecule has 3 N–H and O–H groups in total. The number of carbonyl (C=O) groups is 2. The number of likely N-dealkylation sites (N-methyl/N-ethyl adjacent to an activating group) is 1. The van der Waals surface area contributed by atoms with Crippen molar-refractivity contribution >= 4 is 17.5 Å². The number of carbonyl (C=O) groups excluding carboxylic acids is 2. The number of piperazine rings is 1. The van der Waals surface area contributed by atoms with E-state index in [0.29, 0.717) is 24.3 Å². The highest BCUT2D eigenvalue weighted by Crippen LogP contribution is 2.05. The molecule has 0 bridgehead atoms. The van der Waals surface area contributed by atoms with E-state index in [2.05, 4.69) is 10.2 Å².